The van der Waals surface area contributed by atoms with Gasteiger partial charge in [-0.3, -0.25) is 9.59 Å². The molecule has 214 valence electrons. The van der Waals surface area contributed by atoms with E-state index in [9.17, 15) is 19.6 Å². The van der Waals surface area contributed by atoms with Crippen LogP contribution in [-0.2, 0) is 20.7 Å². The Hall–Kier alpha value is -3.93. The van der Waals surface area contributed by atoms with Gasteiger partial charge < -0.3 is 18.8 Å². The summed E-state index contributed by atoms with van der Waals surface area (Å²) in [6.45, 7) is 6.01. The van der Waals surface area contributed by atoms with Gasteiger partial charge in [0, 0.05) is 41.7 Å². The van der Waals surface area contributed by atoms with E-state index in [1.165, 1.54) is 23.9 Å². The molecule has 1 saturated heterocycles. The highest BCUT2D eigenvalue weighted by molar-refractivity contribution is 6.31. The van der Waals surface area contributed by atoms with Crippen molar-refractivity contribution in [3.05, 3.63) is 86.8 Å². The van der Waals surface area contributed by atoms with E-state index in [1.54, 1.807) is 63.2 Å². The second-order valence-corrected chi connectivity index (χ2v) is 11.5. The van der Waals surface area contributed by atoms with Crippen LogP contribution in [0.2, 0.25) is 5.02 Å². The van der Waals surface area contributed by atoms with Crippen LogP contribution in [0.3, 0.4) is 0 Å². The molecule has 41 heavy (non-hydrogen) atoms. The van der Waals surface area contributed by atoms with Crippen molar-refractivity contribution in [3.8, 4) is 22.9 Å². The predicted octanol–water partition coefficient (Wildman–Crippen LogP) is 5.93. The standard InChI is InChI=1S/C32H33ClN2O6/c1-32(2,3)41-31(38)21-9-7-20(8-10-21)14-28(36)27(16-24-6-5-13-40-24)35-19-29(39-4)26(17-30(35)37)25-15-23(33)12-11-22(25)18-34/h7-12,15,17,19,24,27H,5-6,13-14,16H2,1-4H3/t24-,27?/m1/s1. The number of esters is 1. The third-order valence-electron chi connectivity index (χ3n) is 6.84. The quantitative estimate of drug-likeness (QED) is 0.291. The number of benzene rings is 2. The number of nitriles is 1. The van der Waals surface area contributed by atoms with Gasteiger partial charge in [0.05, 0.1) is 42.6 Å². The topological polar surface area (TPSA) is 108 Å². The van der Waals surface area contributed by atoms with Crippen molar-refractivity contribution >= 4 is 23.4 Å². The van der Waals surface area contributed by atoms with E-state index in [0.717, 1.165) is 12.8 Å². The van der Waals surface area contributed by atoms with E-state index in [1.807, 2.05) is 0 Å². The lowest BCUT2D eigenvalue weighted by atomic mass is 9.96. The number of hydrogen-bond acceptors (Lipinski definition) is 7. The monoisotopic (exact) mass is 576 g/mol. The minimum Gasteiger partial charge on any atom is -0.495 e. The average molecular weight is 577 g/mol. The average Bonchev–Trinajstić information content (AvgIpc) is 3.44. The SMILES string of the molecule is COc1cn(C(C[C@H]2CCCO2)C(=O)Cc2ccc(C(=O)OC(C)(C)C)cc2)c(=O)cc1-c1cc(Cl)ccc1C#N. The Balaban J connectivity index is 1.66. The number of halogens is 1. The number of hydrogen-bond donors (Lipinski definition) is 0. The van der Waals surface area contributed by atoms with Crippen molar-refractivity contribution in [3.63, 3.8) is 0 Å². The minimum atomic E-state index is -0.811. The Morgan fingerprint density at radius 1 is 1.15 bits per heavy atom. The molecule has 0 radical (unpaired) electrons. The fourth-order valence-corrected chi connectivity index (χ4v) is 5.05. The molecule has 2 heterocycles. The molecule has 0 N–H and O–H groups in total. The zero-order chi connectivity index (χ0) is 29.7. The third kappa shape index (κ3) is 7.43. The largest absolute Gasteiger partial charge is 0.495 e. The molecule has 0 saturated carbocycles. The van der Waals surface area contributed by atoms with Crippen LogP contribution in [0.1, 0.15) is 67.6 Å². The number of ketones is 1. The second-order valence-electron chi connectivity index (χ2n) is 11.0. The molecular weight excluding hydrogens is 544 g/mol. The van der Waals surface area contributed by atoms with Gasteiger partial charge in [-0.15, -0.1) is 0 Å². The van der Waals surface area contributed by atoms with Gasteiger partial charge in [0.2, 0.25) is 0 Å². The first-order chi connectivity index (χ1) is 19.5. The summed E-state index contributed by atoms with van der Waals surface area (Å²) in [6, 6.07) is 14.2. The van der Waals surface area contributed by atoms with Crippen LogP contribution in [0.5, 0.6) is 5.75 Å². The van der Waals surface area contributed by atoms with Crippen LogP contribution >= 0.6 is 11.6 Å². The Morgan fingerprint density at radius 2 is 1.88 bits per heavy atom. The summed E-state index contributed by atoms with van der Waals surface area (Å²) < 4.78 is 18.2. The number of carbonyl (C=O) groups excluding carboxylic acids is 2. The van der Waals surface area contributed by atoms with Crippen LogP contribution in [0.4, 0.5) is 0 Å². The molecule has 2 aromatic carbocycles. The number of carbonyl (C=O) groups is 2. The van der Waals surface area contributed by atoms with Gasteiger partial charge in [-0.25, -0.2) is 4.79 Å². The van der Waals surface area contributed by atoms with Crippen LogP contribution in [-0.4, -0.2) is 41.7 Å². The highest BCUT2D eigenvalue weighted by Gasteiger charge is 2.29. The van der Waals surface area contributed by atoms with Crippen LogP contribution in [0, 0.1) is 11.3 Å². The fourth-order valence-electron chi connectivity index (χ4n) is 4.88. The molecular formula is C32H33ClN2O6. The maximum absolute atomic E-state index is 13.8. The van der Waals surface area contributed by atoms with Gasteiger partial charge >= 0.3 is 5.97 Å². The lowest BCUT2D eigenvalue weighted by Crippen LogP contribution is -2.33. The molecule has 9 heteroatoms. The smallest absolute Gasteiger partial charge is 0.338 e. The van der Waals surface area contributed by atoms with E-state index in [-0.39, 0.29) is 18.3 Å². The molecule has 8 nitrogen and oxygen atoms in total. The van der Waals surface area contributed by atoms with Crippen molar-refractivity contribution in [2.45, 2.75) is 64.2 Å². The summed E-state index contributed by atoms with van der Waals surface area (Å²) in [7, 11) is 1.47. The summed E-state index contributed by atoms with van der Waals surface area (Å²) in [5.41, 5.74) is 1.28. The number of Topliss-reactive ketones (excluding diaryl/α,β-unsaturated/α-hetero) is 1. The molecule has 0 spiro atoms. The van der Waals surface area contributed by atoms with E-state index >= 15 is 0 Å². The summed E-state index contributed by atoms with van der Waals surface area (Å²) in [5, 5.41) is 10.0. The number of aromatic nitrogens is 1. The summed E-state index contributed by atoms with van der Waals surface area (Å²) in [5.74, 6) is -0.289. The Morgan fingerprint density at radius 3 is 2.49 bits per heavy atom. The molecule has 1 aliphatic heterocycles. The molecule has 4 rings (SSSR count). The maximum atomic E-state index is 13.8. The molecule has 1 aromatic heterocycles. The van der Waals surface area contributed by atoms with E-state index < -0.39 is 23.2 Å². The lowest BCUT2D eigenvalue weighted by molar-refractivity contribution is -0.122. The molecule has 0 bridgehead atoms. The van der Waals surface area contributed by atoms with Crippen LogP contribution in [0.25, 0.3) is 11.1 Å². The van der Waals surface area contributed by atoms with Gasteiger partial charge in [0.25, 0.3) is 5.56 Å². The van der Waals surface area contributed by atoms with Gasteiger partial charge in [-0.05, 0) is 69.5 Å². The minimum absolute atomic E-state index is 0.0510. The number of ether oxygens (including phenoxy) is 3. The number of pyridine rings is 1. The zero-order valence-electron chi connectivity index (χ0n) is 23.6. The summed E-state index contributed by atoms with van der Waals surface area (Å²) in [4.78, 5) is 39.7. The molecule has 3 aromatic rings. The summed E-state index contributed by atoms with van der Waals surface area (Å²) >= 11 is 6.19. The lowest BCUT2D eigenvalue weighted by Gasteiger charge is -2.23. The van der Waals surface area contributed by atoms with Crippen LogP contribution < -0.4 is 10.3 Å². The molecule has 1 aliphatic rings. The number of methoxy groups -OCH3 is 1. The van der Waals surface area contributed by atoms with Crippen molar-refractivity contribution in [1.82, 2.24) is 4.57 Å². The van der Waals surface area contributed by atoms with E-state index in [4.69, 9.17) is 25.8 Å². The van der Waals surface area contributed by atoms with Crippen LogP contribution in [0.15, 0.2) is 59.5 Å². The molecule has 1 unspecified atom stereocenters. The Labute approximate surface area is 244 Å². The van der Waals surface area contributed by atoms with Gasteiger partial charge in [-0.1, -0.05) is 23.7 Å². The third-order valence-corrected chi connectivity index (χ3v) is 7.08. The van der Waals surface area contributed by atoms with Crippen molar-refractivity contribution < 1.29 is 23.8 Å². The van der Waals surface area contributed by atoms with Gasteiger partial charge in [-0.2, -0.15) is 5.26 Å². The zero-order valence-corrected chi connectivity index (χ0v) is 24.4. The highest BCUT2D eigenvalue weighted by atomic mass is 35.5. The van der Waals surface area contributed by atoms with E-state index in [0.29, 0.717) is 51.6 Å². The van der Waals surface area contributed by atoms with Gasteiger partial charge in [0.1, 0.15) is 11.4 Å². The molecule has 0 amide bonds. The van der Waals surface area contributed by atoms with Gasteiger partial charge in [0.15, 0.2) is 5.78 Å². The molecule has 1 fully saturated rings. The van der Waals surface area contributed by atoms with Crippen molar-refractivity contribution in [1.29, 1.82) is 5.26 Å². The number of rotatable bonds is 9. The second kappa shape index (κ2) is 12.7. The maximum Gasteiger partial charge on any atom is 0.338 e. The summed E-state index contributed by atoms with van der Waals surface area (Å²) in [6.07, 6.45) is 3.43. The molecule has 0 aliphatic carbocycles. The van der Waals surface area contributed by atoms with Crippen molar-refractivity contribution in [2.75, 3.05) is 13.7 Å². The molecule has 2 atom stereocenters. The fraction of sp³-hybridized carbons (Fsp3) is 0.375. The highest BCUT2D eigenvalue weighted by Crippen LogP contribution is 2.34. The van der Waals surface area contributed by atoms with E-state index in [2.05, 4.69) is 6.07 Å². The Bertz CT molecular complexity index is 1530. The first-order valence-corrected chi connectivity index (χ1v) is 13.8. The first-order valence-electron chi connectivity index (χ1n) is 13.5. The predicted molar refractivity (Wildman–Crippen MR) is 155 cm³/mol. The first kappa shape index (κ1) is 30.0. The van der Waals surface area contributed by atoms with Crippen molar-refractivity contribution in [2.24, 2.45) is 0 Å². The normalized spacial score (nSPS) is 15.7. The number of nitrogens with zero attached hydrogens (tertiary/aromatic N) is 2. The Kier molecular flexibility index (Phi) is 9.31.